The molecule has 2 heteroatoms. The lowest BCUT2D eigenvalue weighted by Gasteiger charge is -2.21. The Hall–Kier alpha value is -4.43. The average Bonchev–Trinajstić information content (AvgIpc) is 2.97. The summed E-state index contributed by atoms with van der Waals surface area (Å²) in [4.78, 5) is 7.55. The number of anilines is 1. The van der Waals surface area contributed by atoms with Crippen molar-refractivity contribution in [3.05, 3.63) is 121 Å². The zero-order valence-electron chi connectivity index (χ0n) is 21.4. The fourth-order valence-electron chi connectivity index (χ4n) is 5.14. The summed E-state index contributed by atoms with van der Waals surface area (Å²) in [5, 5.41) is 4.93. The summed E-state index contributed by atoms with van der Waals surface area (Å²) in [5.41, 5.74) is 7.85. The van der Waals surface area contributed by atoms with Crippen LogP contribution in [0.2, 0.25) is 0 Å². The van der Waals surface area contributed by atoms with Gasteiger partial charge in [0.2, 0.25) is 0 Å². The molecular formula is C35H30N2. The van der Waals surface area contributed by atoms with Crippen molar-refractivity contribution >= 4 is 27.2 Å². The largest absolute Gasteiger partial charge is 0.372 e. The third-order valence-electron chi connectivity index (χ3n) is 7.25. The Kier molecular flexibility index (Phi) is 6.16. The minimum Gasteiger partial charge on any atom is -0.372 e. The van der Waals surface area contributed by atoms with Gasteiger partial charge in [-0.1, -0.05) is 84.9 Å². The number of nitrogens with zero attached hydrogens (tertiary/aromatic N) is 2. The molecule has 0 radical (unpaired) electrons. The molecule has 5 aromatic carbocycles. The van der Waals surface area contributed by atoms with Gasteiger partial charge in [0.1, 0.15) is 0 Å². The van der Waals surface area contributed by atoms with Crippen LogP contribution >= 0.6 is 0 Å². The second-order valence-corrected chi connectivity index (χ2v) is 9.47. The van der Waals surface area contributed by atoms with Crippen molar-refractivity contribution in [1.82, 2.24) is 4.98 Å². The van der Waals surface area contributed by atoms with Gasteiger partial charge in [0.05, 0.1) is 11.4 Å². The molecule has 180 valence electrons. The van der Waals surface area contributed by atoms with E-state index in [1.165, 1.54) is 38.4 Å². The molecule has 37 heavy (non-hydrogen) atoms. The highest BCUT2D eigenvalue weighted by molar-refractivity contribution is 5.90. The SMILES string of the molecule is CCN(CC)c1ccc(-c2cc(-c3ccc4ccccc4c3)nc(-c3ccc4ccccc4c3)c2)cc1. The van der Waals surface area contributed by atoms with Crippen molar-refractivity contribution in [1.29, 1.82) is 0 Å². The fraction of sp³-hybridized carbons (Fsp3) is 0.114. The highest BCUT2D eigenvalue weighted by Gasteiger charge is 2.11. The lowest BCUT2D eigenvalue weighted by molar-refractivity contribution is 0.866. The van der Waals surface area contributed by atoms with Crippen LogP contribution in [0.25, 0.3) is 55.2 Å². The second kappa shape index (κ2) is 9.91. The summed E-state index contributed by atoms with van der Waals surface area (Å²) in [5.74, 6) is 0. The van der Waals surface area contributed by atoms with Crippen LogP contribution in [-0.4, -0.2) is 18.1 Å². The van der Waals surface area contributed by atoms with Crippen molar-refractivity contribution in [2.24, 2.45) is 0 Å². The zero-order valence-corrected chi connectivity index (χ0v) is 21.4. The van der Waals surface area contributed by atoms with Crippen molar-refractivity contribution in [3.8, 4) is 33.6 Å². The highest BCUT2D eigenvalue weighted by atomic mass is 15.1. The number of hydrogen-bond acceptors (Lipinski definition) is 2. The van der Waals surface area contributed by atoms with Gasteiger partial charge in [-0.25, -0.2) is 4.98 Å². The van der Waals surface area contributed by atoms with E-state index >= 15 is 0 Å². The van der Waals surface area contributed by atoms with Gasteiger partial charge < -0.3 is 4.90 Å². The summed E-state index contributed by atoms with van der Waals surface area (Å²) < 4.78 is 0. The molecule has 6 aromatic rings. The Morgan fingerprint density at radius 3 is 1.41 bits per heavy atom. The van der Waals surface area contributed by atoms with Crippen LogP contribution < -0.4 is 4.90 Å². The fourth-order valence-corrected chi connectivity index (χ4v) is 5.14. The number of hydrogen-bond donors (Lipinski definition) is 0. The Morgan fingerprint density at radius 2 is 0.919 bits per heavy atom. The summed E-state index contributed by atoms with van der Waals surface area (Å²) in [6.45, 7) is 6.41. The molecule has 0 saturated carbocycles. The number of pyridine rings is 1. The van der Waals surface area contributed by atoms with E-state index in [0.29, 0.717) is 0 Å². The third kappa shape index (κ3) is 4.59. The maximum atomic E-state index is 5.18. The lowest BCUT2D eigenvalue weighted by atomic mass is 9.97. The smallest absolute Gasteiger partial charge is 0.0715 e. The minimum absolute atomic E-state index is 0.985. The molecule has 6 rings (SSSR count). The maximum Gasteiger partial charge on any atom is 0.0715 e. The van der Waals surface area contributed by atoms with Gasteiger partial charge in [0, 0.05) is 29.9 Å². The van der Waals surface area contributed by atoms with E-state index in [-0.39, 0.29) is 0 Å². The highest BCUT2D eigenvalue weighted by Crippen LogP contribution is 2.33. The van der Waals surface area contributed by atoms with Crippen molar-refractivity contribution < 1.29 is 0 Å². The van der Waals surface area contributed by atoms with Crippen molar-refractivity contribution in [3.63, 3.8) is 0 Å². The predicted molar refractivity (Wildman–Crippen MR) is 159 cm³/mol. The number of fused-ring (bicyclic) bond motifs is 2. The molecule has 0 amide bonds. The Bertz CT molecular complexity index is 1600. The molecule has 1 heterocycles. The van der Waals surface area contributed by atoms with E-state index in [0.717, 1.165) is 35.6 Å². The predicted octanol–water partition coefficient (Wildman–Crippen LogP) is 9.24. The first-order valence-corrected chi connectivity index (χ1v) is 13.1. The van der Waals surface area contributed by atoms with E-state index in [1.54, 1.807) is 0 Å². The topological polar surface area (TPSA) is 16.1 Å². The molecule has 1 aromatic heterocycles. The Labute approximate surface area is 218 Å². The lowest BCUT2D eigenvalue weighted by Crippen LogP contribution is -2.21. The first kappa shape index (κ1) is 23.0. The molecular weight excluding hydrogens is 448 g/mol. The minimum atomic E-state index is 0.985. The molecule has 0 atom stereocenters. The van der Waals surface area contributed by atoms with Gasteiger partial charge in [-0.15, -0.1) is 0 Å². The van der Waals surface area contributed by atoms with E-state index in [4.69, 9.17) is 4.98 Å². The Balaban J connectivity index is 1.50. The van der Waals surface area contributed by atoms with Gasteiger partial charge in [-0.2, -0.15) is 0 Å². The van der Waals surface area contributed by atoms with Gasteiger partial charge in [-0.3, -0.25) is 0 Å². The molecule has 0 N–H and O–H groups in total. The molecule has 0 bridgehead atoms. The normalized spacial score (nSPS) is 11.2. The van der Waals surface area contributed by atoms with Crippen LogP contribution in [0.1, 0.15) is 13.8 Å². The Morgan fingerprint density at radius 1 is 0.459 bits per heavy atom. The van der Waals surface area contributed by atoms with Gasteiger partial charge in [0.25, 0.3) is 0 Å². The standard InChI is InChI=1S/C35H30N2/c1-3-37(4-2)33-19-17-27(18-20-33)32-23-34(30-15-13-25-9-5-7-11-28(25)21-30)36-35(24-32)31-16-14-26-10-6-8-12-29(26)22-31/h5-24H,3-4H2,1-2H3. The molecule has 0 unspecified atom stereocenters. The molecule has 0 aliphatic carbocycles. The first-order valence-electron chi connectivity index (χ1n) is 13.1. The second-order valence-electron chi connectivity index (χ2n) is 9.47. The van der Waals surface area contributed by atoms with E-state index in [9.17, 15) is 0 Å². The molecule has 0 fully saturated rings. The van der Waals surface area contributed by atoms with Gasteiger partial charge >= 0.3 is 0 Å². The quantitative estimate of drug-likeness (QED) is 0.237. The summed E-state index contributed by atoms with van der Waals surface area (Å²) in [6, 6.07) is 43.6. The van der Waals surface area contributed by atoms with Crippen LogP contribution in [0.5, 0.6) is 0 Å². The number of aromatic nitrogens is 1. The average molecular weight is 479 g/mol. The van der Waals surface area contributed by atoms with E-state index < -0.39 is 0 Å². The van der Waals surface area contributed by atoms with Crippen LogP contribution in [0, 0.1) is 0 Å². The molecule has 0 saturated heterocycles. The maximum absolute atomic E-state index is 5.18. The zero-order chi connectivity index (χ0) is 25.2. The molecule has 0 spiro atoms. The molecule has 2 nitrogen and oxygen atoms in total. The van der Waals surface area contributed by atoms with Crippen LogP contribution in [0.4, 0.5) is 5.69 Å². The summed E-state index contributed by atoms with van der Waals surface area (Å²) in [7, 11) is 0. The van der Waals surface area contributed by atoms with Gasteiger partial charge in [-0.05, 0) is 82.9 Å². The molecule has 0 aliphatic heterocycles. The molecule has 0 aliphatic rings. The third-order valence-corrected chi connectivity index (χ3v) is 7.25. The van der Waals surface area contributed by atoms with Crippen LogP contribution in [-0.2, 0) is 0 Å². The van der Waals surface area contributed by atoms with Crippen LogP contribution in [0.15, 0.2) is 121 Å². The summed E-state index contributed by atoms with van der Waals surface area (Å²) in [6.07, 6.45) is 0. The van der Waals surface area contributed by atoms with E-state index in [2.05, 4.69) is 140 Å². The van der Waals surface area contributed by atoms with Gasteiger partial charge in [0.15, 0.2) is 0 Å². The number of benzene rings is 5. The first-order chi connectivity index (χ1) is 18.2. The summed E-state index contributed by atoms with van der Waals surface area (Å²) >= 11 is 0. The van der Waals surface area contributed by atoms with Crippen molar-refractivity contribution in [2.75, 3.05) is 18.0 Å². The van der Waals surface area contributed by atoms with Crippen molar-refractivity contribution in [2.45, 2.75) is 13.8 Å². The number of rotatable bonds is 6. The van der Waals surface area contributed by atoms with E-state index in [1.807, 2.05) is 0 Å². The monoisotopic (exact) mass is 478 g/mol. The van der Waals surface area contributed by atoms with Crippen LogP contribution in [0.3, 0.4) is 0 Å².